The predicted octanol–water partition coefficient (Wildman–Crippen LogP) is 3.66. The van der Waals surface area contributed by atoms with Gasteiger partial charge in [-0.1, -0.05) is 38.1 Å². The molecule has 0 bridgehead atoms. The lowest BCUT2D eigenvalue weighted by molar-refractivity contribution is 0.102. The van der Waals surface area contributed by atoms with Crippen LogP contribution in [0.3, 0.4) is 0 Å². The van der Waals surface area contributed by atoms with Gasteiger partial charge in [-0.15, -0.1) is 0 Å². The topological polar surface area (TPSA) is 75.4 Å². The first-order valence-electron chi connectivity index (χ1n) is 6.90. The molecule has 0 aliphatic heterocycles. The van der Waals surface area contributed by atoms with E-state index < -0.39 is 0 Å². The third kappa shape index (κ3) is 2.99. The Labute approximate surface area is 124 Å². The van der Waals surface area contributed by atoms with Gasteiger partial charge >= 0.3 is 0 Å². The number of nitrogen functional groups attached to an aromatic ring is 1. The highest BCUT2D eigenvalue weighted by atomic mass is 16.3. The standard InChI is InChI=1S/C17H20N2O2/c1-10(2)12-7-4-6-11(3)15(12)19-17(21)13-8-5-9-14(18)16(13)20/h4-10,20H,18H2,1-3H3,(H,19,21). The van der Waals surface area contributed by atoms with E-state index in [2.05, 4.69) is 19.2 Å². The fourth-order valence-corrected chi connectivity index (χ4v) is 2.27. The second-order valence-electron chi connectivity index (χ2n) is 5.39. The molecule has 0 aromatic heterocycles. The van der Waals surface area contributed by atoms with E-state index in [1.165, 1.54) is 0 Å². The normalized spacial score (nSPS) is 10.7. The number of hydrogen-bond donors (Lipinski definition) is 3. The van der Waals surface area contributed by atoms with Crippen molar-refractivity contribution in [3.63, 3.8) is 0 Å². The highest BCUT2D eigenvalue weighted by molar-refractivity contribution is 6.07. The highest BCUT2D eigenvalue weighted by Gasteiger charge is 2.16. The molecule has 0 spiro atoms. The summed E-state index contributed by atoms with van der Waals surface area (Å²) in [6.45, 7) is 6.09. The maximum absolute atomic E-state index is 12.4. The fourth-order valence-electron chi connectivity index (χ4n) is 2.27. The highest BCUT2D eigenvalue weighted by Crippen LogP contribution is 2.30. The summed E-state index contributed by atoms with van der Waals surface area (Å²) in [5.74, 6) is -0.264. The quantitative estimate of drug-likeness (QED) is 0.594. The van der Waals surface area contributed by atoms with Gasteiger partial charge in [-0.25, -0.2) is 0 Å². The maximum Gasteiger partial charge on any atom is 0.259 e. The minimum atomic E-state index is -0.365. The van der Waals surface area contributed by atoms with Gasteiger partial charge in [0, 0.05) is 5.69 Å². The molecule has 4 heteroatoms. The number of phenols is 1. The lowest BCUT2D eigenvalue weighted by Gasteiger charge is -2.17. The summed E-state index contributed by atoms with van der Waals surface area (Å²) in [7, 11) is 0. The van der Waals surface area contributed by atoms with Crippen LogP contribution in [0.1, 0.15) is 41.3 Å². The molecule has 1 amide bonds. The minimum absolute atomic E-state index is 0.174. The summed E-state index contributed by atoms with van der Waals surface area (Å²) in [5, 5.41) is 12.8. The number of para-hydroxylation sites is 2. The van der Waals surface area contributed by atoms with Gasteiger partial charge in [-0.05, 0) is 36.1 Å². The summed E-state index contributed by atoms with van der Waals surface area (Å²) < 4.78 is 0. The van der Waals surface area contributed by atoms with E-state index in [0.717, 1.165) is 16.8 Å². The van der Waals surface area contributed by atoms with Crippen LogP contribution in [0.2, 0.25) is 0 Å². The van der Waals surface area contributed by atoms with Crippen LogP contribution in [0.15, 0.2) is 36.4 Å². The van der Waals surface area contributed by atoms with Crippen molar-refractivity contribution in [1.82, 2.24) is 0 Å². The van der Waals surface area contributed by atoms with E-state index in [1.54, 1.807) is 18.2 Å². The molecule has 0 fully saturated rings. The zero-order valence-electron chi connectivity index (χ0n) is 12.5. The SMILES string of the molecule is Cc1cccc(C(C)C)c1NC(=O)c1cccc(N)c1O. The van der Waals surface area contributed by atoms with Gasteiger partial charge < -0.3 is 16.2 Å². The van der Waals surface area contributed by atoms with Crippen molar-refractivity contribution in [3.8, 4) is 5.75 Å². The van der Waals surface area contributed by atoms with E-state index in [1.807, 2.05) is 25.1 Å². The summed E-state index contributed by atoms with van der Waals surface area (Å²) in [6, 6.07) is 10.7. The number of nitrogens with one attached hydrogen (secondary N) is 1. The van der Waals surface area contributed by atoms with Crippen LogP contribution in [0, 0.1) is 6.92 Å². The number of carbonyl (C=O) groups excluding carboxylic acids is 1. The molecule has 2 aromatic carbocycles. The van der Waals surface area contributed by atoms with Gasteiger partial charge in [0.05, 0.1) is 11.3 Å². The van der Waals surface area contributed by atoms with Crippen molar-refractivity contribution in [2.45, 2.75) is 26.7 Å². The number of benzene rings is 2. The van der Waals surface area contributed by atoms with Crippen molar-refractivity contribution in [1.29, 1.82) is 0 Å². The molecular formula is C17H20N2O2. The Bertz CT molecular complexity index is 678. The molecule has 4 nitrogen and oxygen atoms in total. The Morgan fingerprint density at radius 3 is 2.52 bits per heavy atom. The summed E-state index contributed by atoms with van der Waals surface area (Å²) in [4.78, 5) is 12.4. The summed E-state index contributed by atoms with van der Waals surface area (Å²) >= 11 is 0. The van der Waals surface area contributed by atoms with Crippen molar-refractivity contribution in [2.75, 3.05) is 11.1 Å². The number of amides is 1. The van der Waals surface area contributed by atoms with Crippen LogP contribution < -0.4 is 11.1 Å². The van der Waals surface area contributed by atoms with Gasteiger partial charge in [-0.2, -0.15) is 0 Å². The molecule has 0 saturated heterocycles. The van der Waals surface area contributed by atoms with Crippen LogP contribution in [0.25, 0.3) is 0 Å². The van der Waals surface area contributed by atoms with Gasteiger partial charge in [-0.3, -0.25) is 4.79 Å². The van der Waals surface area contributed by atoms with Crippen LogP contribution in [-0.2, 0) is 0 Å². The number of aryl methyl sites for hydroxylation is 1. The third-order valence-electron chi connectivity index (χ3n) is 3.48. The number of nitrogens with two attached hydrogens (primary N) is 1. The zero-order valence-corrected chi connectivity index (χ0v) is 12.5. The first kappa shape index (κ1) is 14.9. The first-order chi connectivity index (χ1) is 9.91. The van der Waals surface area contributed by atoms with Gasteiger partial charge in [0.15, 0.2) is 5.75 Å². The van der Waals surface area contributed by atoms with Crippen molar-refractivity contribution in [2.24, 2.45) is 0 Å². The zero-order chi connectivity index (χ0) is 15.6. The lowest BCUT2D eigenvalue weighted by Crippen LogP contribution is -2.15. The number of anilines is 2. The van der Waals surface area contributed by atoms with E-state index in [9.17, 15) is 9.90 Å². The van der Waals surface area contributed by atoms with Gasteiger partial charge in [0.2, 0.25) is 0 Å². The van der Waals surface area contributed by atoms with Crippen molar-refractivity contribution >= 4 is 17.3 Å². The smallest absolute Gasteiger partial charge is 0.259 e. The molecule has 2 aromatic rings. The predicted molar refractivity (Wildman–Crippen MR) is 85.7 cm³/mol. The largest absolute Gasteiger partial charge is 0.505 e. The molecule has 0 radical (unpaired) electrons. The van der Waals surface area contributed by atoms with Crippen LogP contribution >= 0.6 is 0 Å². The minimum Gasteiger partial charge on any atom is -0.505 e. The molecule has 0 atom stereocenters. The Balaban J connectivity index is 2.39. The van der Waals surface area contributed by atoms with Crippen molar-refractivity contribution < 1.29 is 9.90 Å². The molecule has 0 unspecified atom stereocenters. The van der Waals surface area contributed by atoms with E-state index in [-0.39, 0.29) is 28.8 Å². The van der Waals surface area contributed by atoms with Crippen molar-refractivity contribution in [3.05, 3.63) is 53.1 Å². The second-order valence-corrected chi connectivity index (χ2v) is 5.39. The first-order valence-corrected chi connectivity index (χ1v) is 6.90. The molecule has 21 heavy (non-hydrogen) atoms. The summed E-state index contributed by atoms with van der Waals surface area (Å²) in [6.07, 6.45) is 0. The second kappa shape index (κ2) is 5.87. The van der Waals surface area contributed by atoms with Crippen LogP contribution in [-0.4, -0.2) is 11.0 Å². The average Bonchev–Trinajstić information content (AvgIpc) is 2.43. The van der Waals surface area contributed by atoms with E-state index in [4.69, 9.17) is 5.73 Å². The lowest BCUT2D eigenvalue weighted by atomic mass is 9.98. The van der Waals surface area contributed by atoms with Crippen LogP contribution in [0.5, 0.6) is 5.75 Å². The number of aromatic hydroxyl groups is 1. The number of phenolic OH excluding ortho intramolecular Hbond substituents is 1. The monoisotopic (exact) mass is 284 g/mol. The molecule has 0 heterocycles. The Hall–Kier alpha value is -2.49. The van der Waals surface area contributed by atoms with E-state index >= 15 is 0 Å². The Kier molecular flexibility index (Phi) is 4.17. The molecule has 0 aliphatic carbocycles. The van der Waals surface area contributed by atoms with Gasteiger partial charge in [0.25, 0.3) is 5.91 Å². The molecular weight excluding hydrogens is 264 g/mol. The Morgan fingerprint density at radius 2 is 1.86 bits per heavy atom. The molecule has 0 saturated carbocycles. The molecule has 2 rings (SSSR count). The fraction of sp³-hybridized carbons (Fsp3) is 0.235. The molecule has 4 N–H and O–H groups in total. The number of rotatable bonds is 3. The summed E-state index contributed by atoms with van der Waals surface area (Å²) in [5.41, 5.74) is 8.83. The average molecular weight is 284 g/mol. The Morgan fingerprint density at radius 1 is 1.19 bits per heavy atom. The number of hydrogen-bond acceptors (Lipinski definition) is 3. The van der Waals surface area contributed by atoms with Gasteiger partial charge in [0.1, 0.15) is 0 Å². The van der Waals surface area contributed by atoms with E-state index in [0.29, 0.717) is 0 Å². The number of carbonyl (C=O) groups is 1. The maximum atomic E-state index is 12.4. The molecule has 0 aliphatic rings. The molecule has 110 valence electrons. The van der Waals surface area contributed by atoms with Crippen LogP contribution in [0.4, 0.5) is 11.4 Å². The third-order valence-corrected chi connectivity index (χ3v) is 3.48.